The second-order valence-electron chi connectivity index (χ2n) is 1.46. The Morgan fingerprint density at radius 2 is 2.43 bits per heavy atom. The molecule has 0 N–H and O–H groups in total. The lowest BCUT2D eigenvalue weighted by Crippen LogP contribution is -1.88. The van der Waals surface area contributed by atoms with Gasteiger partial charge in [-0.3, -0.25) is 0 Å². The van der Waals surface area contributed by atoms with Crippen LogP contribution < -0.4 is 0 Å². The first-order chi connectivity index (χ1) is 3.27. The van der Waals surface area contributed by atoms with Gasteiger partial charge in [0.05, 0.1) is 0 Å². The van der Waals surface area contributed by atoms with Gasteiger partial charge in [-0.2, -0.15) is 0 Å². The maximum atomic E-state index is 3.82. The molecule has 0 aliphatic rings. The number of hydrogen-bond donors (Lipinski definition) is 0. The fourth-order valence-electron chi connectivity index (χ4n) is 0.251. The number of nitrogens with zero attached hydrogens (tertiary/aromatic N) is 1. The minimum Gasteiger partial charge on any atom is -0.301 e. The van der Waals surface area contributed by atoms with Gasteiger partial charge in [0.15, 0.2) is 0 Å². The molecule has 1 atom stereocenters. The summed E-state index contributed by atoms with van der Waals surface area (Å²) in [6, 6.07) is 0. The quantitative estimate of drug-likeness (QED) is 0.436. The van der Waals surface area contributed by atoms with E-state index in [-0.39, 0.29) is 0 Å². The van der Waals surface area contributed by atoms with Crippen LogP contribution in [0.3, 0.4) is 0 Å². The van der Waals surface area contributed by atoms with E-state index in [1.807, 2.05) is 6.21 Å². The molecule has 0 aromatic rings. The third kappa shape index (κ3) is 6.15. The molecule has 0 aliphatic heterocycles. The summed E-state index contributed by atoms with van der Waals surface area (Å²) < 4.78 is 0. The van der Waals surface area contributed by atoms with Crippen LogP contribution in [-0.4, -0.2) is 18.1 Å². The van der Waals surface area contributed by atoms with E-state index in [1.54, 1.807) is 7.05 Å². The van der Waals surface area contributed by atoms with Gasteiger partial charge in [-0.1, -0.05) is 22.9 Å². The van der Waals surface area contributed by atoms with Gasteiger partial charge in [-0.15, -0.1) is 0 Å². The summed E-state index contributed by atoms with van der Waals surface area (Å²) in [7, 11) is 1.79. The van der Waals surface area contributed by atoms with E-state index in [9.17, 15) is 0 Å². The standard InChI is InChI=1S/C5H10BrN/c1-5(6)3-4-7-2/h4-5H,3H2,1-2H3. The van der Waals surface area contributed by atoms with Crippen LogP contribution in [0, 0.1) is 0 Å². The monoisotopic (exact) mass is 163 g/mol. The normalized spacial score (nSPS) is 15.3. The van der Waals surface area contributed by atoms with Crippen molar-refractivity contribution >= 4 is 22.1 Å². The second-order valence-corrected chi connectivity index (χ2v) is 3.02. The average Bonchev–Trinajstić information content (AvgIpc) is 1.61. The molecule has 0 radical (unpaired) electrons. The van der Waals surface area contributed by atoms with E-state index >= 15 is 0 Å². The summed E-state index contributed by atoms with van der Waals surface area (Å²) in [5, 5.41) is 0. The smallest absolute Gasteiger partial charge is 0.0273 e. The number of rotatable bonds is 2. The van der Waals surface area contributed by atoms with Crippen LogP contribution in [0.2, 0.25) is 0 Å². The molecule has 0 amide bonds. The van der Waals surface area contributed by atoms with Crippen molar-refractivity contribution in [2.75, 3.05) is 7.05 Å². The molecule has 0 rings (SSSR count). The lowest BCUT2D eigenvalue weighted by Gasteiger charge is -1.90. The minimum atomic E-state index is 0.566. The highest BCUT2D eigenvalue weighted by molar-refractivity contribution is 9.09. The van der Waals surface area contributed by atoms with Gasteiger partial charge in [0.1, 0.15) is 0 Å². The van der Waals surface area contributed by atoms with Crippen LogP contribution in [0.5, 0.6) is 0 Å². The van der Waals surface area contributed by atoms with Crippen molar-refractivity contribution in [3.8, 4) is 0 Å². The molecule has 2 heteroatoms. The topological polar surface area (TPSA) is 12.4 Å². The first-order valence-corrected chi connectivity index (χ1v) is 3.23. The maximum Gasteiger partial charge on any atom is 0.0273 e. The fourth-order valence-corrected chi connectivity index (χ4v) is 0.418. The maximum absolute atomic E-state index is 3.82. The predicted octanol–water partition coefficient (Wildman–Crippen LogP) is 1.86. The molecule has 0 aliphatic carbocycles. The van der Waals surface area contributed by atoms with Crippen molar-refractivity contribution in [2.45, 2.75) is 18.2 Å². The van der Waals surface area contributed by atoms with E-state index < -0.39 is 0 Å². The summed E-state index contributed by atoms with van der Waals surface area (Å²) in [4.78, 5) is 4.39. The molecule has 0 bridgehead atoms. The highest BCUT2D eigenvalue weighted by Crippen LogP contribution is 1.99. The molecule has 1 nitrogen and oxygen atoms in total. The first kappa shape index (κ1) is 7.15. The summed E-state index contributed by atoms with van der Waals surface area (Å²) in [6.45, 7) is 2.10. The van der Waals surface area contributed by atoms with Crippen molar-refractivity contribution in [2.24, 2.45) is 4.99 Å². The summed E-state index contributed by atoms with van der Waals surface area (Å²) in [6.07, 6.45) is 2.93. The molecular weight excluding hydrogens is 154 g/mol. The van der Waals surface area contributed by atoms with Gasteiger partial charge in [0.2, 0.25) is 0 Å². The van der Waals surface area contributed by atoms with Crippen molar-refractivity contribution in [1.29, 1.82) is 0 Å². The number of hydrogen-bond acceptors (Lipinski definition) is 1. The van der Waals surface area contributed by atoms with Gasteiger partial charge < -0.3 is 4.99 Å². The third-order valence-corrected chi connectivity index (χ3v) is 0.987. The third-order valence-electron chi connectivity index (χ3n) is 0.613. The summed E-state index contributed by atoms with van der Waals surface area (Å²) >= 11 is 3.38. The van der Waals surface area contributed by atoms with E-state index in [1.165, 1.54) is 0 Å². The molecule has 0 saturated carbocycles. The SMILES string of the molecule is CN=CCC(C)Br. The molecule has 1 unspecified atom stereocenters. The highest BCUT2D eigenvalue weighted by Gasteiger charge is 1.87. The van der Waals surface area contributed by atoms with E-state index in [0.717, 1.165) is 6.42 Å². The molecular formula is C5H10BrN. The zero-order valence-corrected chi connectivity index (χ0v) is 6.27. The predicted molar refractivity (Wildman–Crippen MR) is 37.4 cm³/mol. The largest absolute Gasteiger partial charge is 0.301 e. The molecule has 0 heterocycles. The van der Waals surface area contributed by atoms with E-state index in [2.05, 4.69) is 27.8 Å². The Labute approximate surface area is 53.0 Å². The van der Waals surface area contributed by atoms with Gasteiger partial charge in [0, 0.05) is 11.9 Å². The molecule has 0 aromatic carbocycles. The van der Waals surface area contributed by atoms with Crippen molar-refractivity contribution in [1.82, 2.24) is 0 Å². The van der Waals surface area contributed by atoms with Crippen LogP contribution in [-0.2, 0) is 0 Å². The molecule has 0 aromatic heterocycles. The lowest BCUT2D eigenvalue weighted by molar-refractivity contribution is 1.05. The van der Waals surface area contributed by atoms with Crippen molar-refractivity contribution in [3.05, 3.63) is 0 Å². The van der Waals surface area contributed by atoms with Crippen LogP contribution in [0.4, 0.5) is 0 Å². The Bertz CT molecular complexity index is 59.1. The molecule has 0 spiro atoms. The van der Waals surface area contributed by atoms with Crippen LogP contribution in [0.15, 0.2) is 4.99 Å². The highest BCUT2D eigenvalue weighted by atomic mass is 79.9. The van der Waals surface area contributed by atoms with Crippen LogP contribution >= 0.6 is 15.9 Å². The van der Waals surface area contributed by atoms with E-state index in [4.69, 9.17) is 0 Å². The lowest BCUT2D eigenvalue weighted by atomic mass is 10.4. The van der Waals surface area contributed by atoms with E-state index in [0.29, 0.717) is 4.83 Å². The summed E-state index contributed by atoms with van der Waals surface area (Å²) in [5.41, 5.74) is 0. The first-order valence-electron chi connectivity index (χ1n) is 2.32. The molecule has 7 heavy (non-hydrogen) atoms. The number of aliphatic imine (C=N–C) groups is 1. The molecule has 0 saturated heterocycles. The van der Waals surface area contributed by atoms with Gasteiger partial charge >= 0.3 is 0 Å². The zero-order valence-electron chi connectivity index (χ0n) is 4.69. The minimum absolute atomic E-state index is 0.566. The molecule has 42 valence electrons. The van der Waals surface area contributed by atoms with Gasteiger partial charge in [-0.05, 0) is 12.6 Å². The van der Waals surface area contributed by atoms with Gasteiger partial charge in [0.25, 0.3) is 0 Å². The van der Waals surface area contributed by atoms with Crippen LogP contribution in [0.25, 0.3) is 0 Å². The fraction of sp³-hybridized carbons (Fsp3) is 0.800. The Morgan fingerprint density at radius 1 is 1.86 bits per heavy atom. The Hall–Kier alpha value is 0.150. The number of halogens is 1. The average molecular weight is 164 g/mol. The van der Waals surface area contributed by atoms with Crippen LogP contribution in [0.1, 0.15) is 13.3 Å². The van der Waals surface area contributed by atoms with Crippen molar-refractivity contribution < 1.29 is 0 Å². The molecule has 0 fully saturated rings. The van der Waals surface area contributed by atoms with Gasteiger partial charge in [-0.25, -0.2) is 0 Å². The second kappa shape index (κ2) is 4.31. The van der Waals surface area contributed by atoms with Crippen molar-refractivity contribution in [3.63, 3.8) is 0 Å². The zero-order chi connectivity index (χ0) is 5.70. The Kier molecular flexibility index (Phi) is 4.41. The Morgan fingerprint density at radius 3 is 2.57 bits per heavy atom. The Balaban J connectivity index is 2.97. The number of alkyl halides is 1. The summed E-state index contributed by atoms with van der Waals surface area (Å²) in [5.74, 6) is 0.